The van der Waals surface area contributed by atoms with Crippen molar-refractivity contribution in [1.82, 2.24) is 4.98 Å². The lowest BCUT2D eigenvalue weighted by atomic mass is 9.78. The minimum Gasteiger partial charge on any atom is -0.454 e. The third kappa shape index (κ3) is 5.15. The molecular formula is C34H27N3O7. The summed E-state index contributed by atoms with van der Waals surface area (Å²) in [4.78, 5) is 68.6. The largest absolute Gasteiger partial charge is 0.454 e. The molecule has 0 bridgehead atoms. The molecule has 2 aliphatic rings. The van der Waals surface area contributed by atoms with E-state index in [4.69, 9.17) is 9.72 Å². The number of carbonyl (C=O) groups is 4. The van der Waals surface area contributed by atoms with Crippen molar-refractivity contribution < 1.29 is 28.8 Å². The molecule has 1 aliphatic carbocycles. The molecule has 1 aromatic heterocycles. The fraction of sp³-hybridized carbons (Fsp3) is 0.206. The lowest BCUT2D eigenvalue weighted by Crippen LogP contribution is -2.31. The number of Topliss-reactive ketones (excluding diaryl/α,β-unsaturated/α-hetero) is 1. The number of allylic oxidation sites excluding steroid dienone is 2. The molecule has 3 aromatic carbocycles. The van der Waals surface area contributed by atoms with Crippen LogP contribution in [0.5, 0.6) is 0 Å². The molecule has 0 radical (unpaired) electrons. The Kier molecular flexibility index (Phi) is 7.34. The zero-order chi connectivity index (χ0) is 31.1. The molecular weight excluding hydrogens is 562 g/mol. The number of pyridine rings is 1. The predicted octanol–water partition coefficient (Wildman–Crippen LogP) is 5.86. The number of nitro benzene ring substituents is 1. The predicted molar refractivity (Wildman–Crippen MR) is 162 cm³/mol. The maximum Gasteiger partial charge on any atom is 0.339 e. The van der Waals surface area contributed by atoms with Gasteiger partial charge in [-0.25, -0.2) is 9.78 Å². The summed E-state index contributed by atoms with van der Waals surface area (Å²) in [7, 11) is 0. The molecule has 10 nitrogen and oxygen atoms in total. The Balaban J connectivity index is 1.26. The van der Waals surface area contributed by atoms with Crippen LogP contribution in [0.1, 0.15) is 39.6 Å². The summed E-state index contributed by atoms with van der Waals surface area (Å²) in [6.07, 6.45) is 4.50. The van der Waals surface area contributed by atoms with Crippen molar-refractivity contribution in [2.45, 2.75) is 20.3 Å². The van der Waals surface area contributed by atoms with E-state index in [1.165, 1.54) is 29.2 Å². The molecule has 4 aromatic rings. The van der Waals surface area contributed by atoms with Gasteiger partial charge in [-0.05, 0) is 61.7 Å². The van der Waals surface area contributed by atoms with Crippen molar-refractivity contribution in [1.29, 1.82) is 0 Å². The van der Waals surface area contributed by atoms with Crippen molar-refractivity contribution >= 4 is 45.8 Å². The third-order valence-electron chi connectivity index (χ3n) is 8.21. The number of non-ortho nitro benzene ring substituents is 1. The molecule has 6 rings (SSSR count). The van der Waals surface area contributed by atoms with Crippen molar-refractivity contribution in [3.05, 3.63) is 112 Å². The van der Waals surface area contributed by atoms with Gasteiger partial charge in [-0.3, -0.25) is 29.4 Å². The molecule has 1 saturated heterocycles. The van der Waals surface area contributed by atoms with Crippen molar-refractivity contribution in [2.24, 2.45) is 17.8 Å². The van der Waals surface area contributed by atoms with Gasteiger partial charge in [0.15, 0.2) is 12.4 Å². The summed E-state index contributed by atoms with van der Waals surface area (Å²) < 4.78 is 5.39. The molecule has 3 atom stereocenters. The molecule has 0 N–H and O–H groups in total. The second-order valence-corrected chi connectivity index (χ2v) is 11.1. The molecule has 1 fully saturated rings. The topological polar surface area (TPSA) is 137 Å². The number of aryl methyl sites for hydroxylation is 1. The summed E-state index contributed by atoms with van der Waals surface area (Å²) in [6, 6.07) is 19.0. The van der Waals surface area contributed by atoms with Gasteiger partial charge in [0, 0.05) is 28.6 Å². The van der Waals surface area contributed by atoms with Gasteiger partial charge >= 0.3 is 5.97 Å². The molecule has 220 valence electrons. The number of hydrogen-bond acceptors (Lipinski definition) is 8. The molecule has 3 unspecified atom stereocenters. The van der Waals surface area contributed by atoms with Gasteiger partial charge in [0.25, 0.3) is 5.69 Å². The van der Waals surface area contributed by atoms with E-state index in [9.17, 15) is 29.3 Å². The van der Waals surface area contributed by atoms with Crippen LogP contribution in [0.3, 0.4) is 0 Å². The quantitative estimate of drug-likeness (QED) is 0.0653. The molecule has 10 heteroatoms. The smallest absolute Gasteiger partial charge is 0.339 e. The highest BCUT2D eigenvalue weighted by atomic mass is 16.6. The van der Waals surface area contributed by atoms with Gasteiger partial charge < -0.3 is 4.74 Å². The molecule has 44 heavy (non-hydrogen) atoms. The molecule has 0 saturated carbocycles. The molecule has 0 spiro atoms. The van der Waals surface area contributed by atoms with Crippen LogP contribution in [0.2, 0.25) is 0 Å². The number of imide groups is 1. The number of amides is 2. The Hall–Kier alpha value is -5.51. The minimum absolute atomic E-state index is 0.0116. The van der Waals surface area contributed by atoms with Gasteiger partial charge in [-0.2, -0.15) is 0 Å². The fourth-order valence-electron chi connectivity index (χ4n) is 5.90. The first kappa shape index (κ1) is 28.6. The zero-order valence-electron chi connectivity index (χ0n) is 23.9. The standard InChI is InChI=1S/C34H27N3O7/c1-19-6-15-28-26(16-19)27(34(41)44-18-30(38)22-9-13-24(14-10-22)37(42)43)17-29(35-28)21-7-11-23(12-8-21)36-32(39)25-5-3-4-20(2)31(25)33(36)40/h3-4,6-17,20,25,31H,5,18H2,1-2H3. The second-order valence-electron chi connectivity index (χ2n) is 11.1. The van der Waals surface area contributed by atoms with E-state index in [0.29, 0.717) is 34.3 Å². The van der Waals surface area contributed by atoms with E-state index >= 15 is 0 Å². The van der Waals surface area contributed by atoms with Crippen LogP contribution >= 0.6 is 0 Å². The summed E-state index contributed by atoms with van der Waals surface area (Å²) in [5.41, 5.74) is 3.28. The molecule has 2 heterocycles. The number of benzene rings is 3. The van der Waals surface area contributed by atoms with Crippen LogP contribution in [0.4, 0.5) is 11.4 Å². The maximum absolute atomic E-state index is 13.3. The van der Waals surface area contributed by atoms with Crippen LogP contribution in [0, 0.1) is 34.8 Å². The van der Waals surface area contributed by atoms with Gasteiger partial charge in [0.2, 0.25) is 11.8 Å². The lowest BCUT2D eigenvalue weighted by Gasteiger charge is -2.22. The van der Waals surface area contributed by atoms with Crippen molar-refractivity contribution in [2.75, 3.05) is 11.5 Å². The van der Waals surface area contributed by atoms with Gasteiger partial charge in [-0.1, -0.05) is 42.8 Å². The van der Waals surface area contributed by atoms with Crippen LogP contribution < -0.4 is 4.90 Å². The number of nitro groups is 1. The van der Waals surface area contributed by atoms with Crippen molar-refractivity contribution in [3.63, 3.8) is 0 Å². The summed E-state index contributed by atoms with van der Waals surface area (Å²) in [5, 5.41) is 11.4. The lowest BCUT2D eigenvalue weighted by molar-refractivity contribution is -0.384. The first-order chi connectivity index (χ1) is 21.1. The molecule has 2 amide bonds. The van der Waals surface area contributed by atoms with E-state index in [1.54, 1.807) is 36.4 Å². The van der Waals surface area contributed by atoms with Crippen LogP contribution in [-0.4, -0.2) is 40.1 Å². The van der Waals surface area contributed by atoms with E-state index in [-0.39, 0.29) is 46.4 Å². The first-order valence-electron chi connectivity index (χ1n) is 14.1. The Labute approximate surface area is 252 Å². The summed E-state index contributed by atoms with van der Waals surface area (Å²) in [6.45, 7) is 3.28. The van der Waals surface area contributed by atoms with E-state index in [1.807, 2.05) is 38.1 Å². The average molecular weight is 590 g/mol. The highest BCUT2D eigenvalue weighted by Gasteiger charge is 2.50. The van der Waals surface area contributed by atoms with Crippen molar-refractivity contribution in [3.8, 4) is 11.3 Å². The minimum atomic E-state index is -0.727. The van der Waals surface area contributed by atoms with Gasteiger partial charge in [0.1, 0.15) is 0 Å². The fourth-order valence-corrected chi connectivity index (χ4v) is 5.90. The highest BCUT2D eigenvalue weighted by molar-refractivity contribution is 6.22. The number of carbonyl (C=O) groups excluding carboxylic acids is 4. The van der Waals surface area contributed by atoms with Crippen LogP contribution in [0.25, 0.3) is 22.2 Å². The Morgan fingerprint density at radius 3 is 2.41 bits per heavy atom. The van der Waals surface area contributed by atoms with Gasteiger partial charge in [0.05, 0.1) is 39.2 Å². The summed E-state index contributed by atoms with van der Waals surface area (Å²) >= 11 is 0. The van der Waals surface area contributed by atoms with E-state index in [0.717, 1.165) is 5.56 Å². The number of hydrogen-bond donors (Lipinski definition) is 0. The normalized spacial score (nSPS) is 19.2. The number of ether oxygens (including phenoxy) is 1. The van der Waals surface area contributed by atoms with E-state index in [2.05, 4.69) is 0 Å². The van der Waals surface area contributed by atoms with E-state index < -0.39 is 23.3 Å². The third-order valence-corrected chi connectivity index (χ3v) is 8.21. The number of ketones is 1. The number of rotatable bonds is 7. The first-order valence-corrected chi connectivity index (χ1v) is 14.1. The number of nitrogens with zero attached hydrogens (tertiary/aromatic N) is 3. The number of esters is 1. The number of fused-ring (bicyclic) bond motifs is 2. The van der Waals surface area contributed by atoms with Gasteiger partial charge in [-0.15, -0.1) is 0 Å². The Morgan fingerprint density at radius 2 is 1.73 bits per heavy atom. The monoisotopic (exact) mass is 589 g/mol. The maximum atomic E-state index is 13.3. The molecule has 1 aliphatic heterocycles. The number of anilines is 1. The van der Waals surface area contributed by atoms with Crippen LogP contribution in [-0.2, 0) is 14.3 Å². The zero-order valence-corrected chi connectivity index (χ0v) is 23.9. The highest BCUT2D eigenvalue weighted by Crippen LogP contribution is 2.40. The average Bonchev–Trinajstić information content (AvgIpc) is 3.29. The SMILES string of the molecule is Cc1ccc2nc(-c3ccc(N4C(=O)C5CC=CC(C)C5C4=O)cc3)cc(C(=O)OCC(=O)c3ccc([N+](=O)[O-])cc3)c2c1. The number of aromatic nitrogens is 1. The Morgan fingerprint density at radius 1 is 1.00 bits per heavy atom. The Bertz CT molecular complexity index is 1880. The van der Waals surface area contributed by atoms with Crippen LogP contribution in [0.15, 0.2) is 84.9 Å². The second kappa shape index (κ2) is 11.3. The summed E-state index contributed by atoms with van der Waals surface area (Å²) in [5.74, 6) is -2.35.